The molecular weight excluding hydrogens is 320 g/mol. The molecule has 0 radical (unpaired) electrons. The summed E-state index contributed by atoms with van der Waals surface area (Å²) in [4.78, 5) is 36.6. The van der Waals surface area contributed by atoms with Gasteiger partial charge in [-0.25, -0.2) is 4.79 Å². The van der Waals surface area contributed by atoms with Gasteiger partial charge in [0.1, 0.15) is 11.8 Å². The van der Waals surface area contributed by atoms with Crippen molar-refractivity contribution in [1.82, 2.24) is 9.47 Å². The van der Waals surface area contributed by atoms with Gasteiger partial charge in [-0.1, -0.05) is 0 Å². The summed E-state index contributed by atoms with van der Waals surface area (Å²) in [6.07, 6.45) is 0.204. The molecule has 0 saturated heterocycles. The van der Waals surface area contributed by atoms with E-state index in [0.717, 1.165) is 10.8 Å². The molecule has 2 rings (SSSR count). The number of nitrogens with zero attached hydrogens (tertiary/aromatic N) is 2. The first kappa shape index (κ1) is 18.0. The number of pyridine rings is 1. The summed E-state index contributed by atoms with van der Waals surface area (Å²) in [5, 5.41) is 29.1. The molecule has 1 atom stereocenters. The number of carbonyl (C=O) groups is 2. The lowest BCUT2D eigenvalue weighted by Gasteiger charge is -2.33. The van der Waals surface area contributed by atoms with E-state index in [4.69, 9.17) is 9.84 Å². The lowest BCUT2D eigenvalue weighted by atomic mass is 10.1. The number of amides is 1. The summed E-state index contributed by atoms with van der Waals surface area (Å²) in [7, 11) is 0. The van der Waals surface area contributed by atoms with Crippen molar-refractivity contribution in [3.63, 3.8) is 0 Å². The van der Waals surface area contributed by atoms with Gasteiger partial charge >= 0.3 is 5.97 Å². The fraction of sp³-hybridized carbons (Fsp3) is 0.533. The minimum Gasteiger partial charge on any atom is -0.503 e. The normalized spacial score (nSPS) is 17.2. The van der Waals surface area contributed by atoms with Gasteiger partial charge in [0.2, 0.25) is 5.43 Å². The van der Waals surface area contributed by atoms with Crippen LogP contribution in [0.25, 0.3) is 0 Å². The summed E-state index contributed by atoms with van der Waals surface area (Å²) in [6.45, 7) is 4.40. The van der Waals surface area contributed by atoms with Crippen LogP contribution < -0.4 is 5.43 Å². The maximum Gasteiger partial charge on any atom is 0.341 e. The van der Waals surface area contributed by atoms with Gasteiger partial charge in [-0.2, -0.15) is 0 Å². The molecule has 0 fully saturated rings. The van der Waals surface area contributed by atoms with Crippen LogP contribution in [0.2, 0.25) is 0 Å². The van der Waals surface area contributed by atoms with Gasteiger partial charge in [0.15, 0.2) is 11.4 Å². The van der Waals surface area contributed by atoms with Crippen molar-refractivity contribution in [2.24, 2.45) is 0 Å². The molecule has 2 heterocycles. The van der Waals surface area contributed by atoms with Crippen LogP contribution in [0, 0.1) is 0 Å². The van der Waals surface area contributed by atoms with E-state index in [2.05, 4.69) is 0 Å². The van der Waals surface area contributed by atoms with Gasteiger partial charge in [-0.3, -0.25) is 9.59 Å². The van der Waals surface area contributed by atoms with Gasteiger partial charge in [-0.15, -0.1) is 0 Å². The smallest absolute Gasteiger partial charge is 0.341 e. The van der Waals surface area contributed by atoms with E-state index in [1.165, 1.54) is 4.90 Å². The molecule has 1 aromatic rings. The second-order valence-electron chi connectivity index (χ2n) is 5.79. The molecule has 1 unspecified atom stereocenters. The molecule has 0 aromatic carbocycles. The van der Waals surface area contributed by atoms with Gasteiger partial charge in [-0.05, 0) is 20.3 Å². The number of fused-ring (bicyclic) bond motifs is 1. The highest BCUT2D eigenvalue weighted by Crippen LogP contribution is 2.25. The average Bonchev–Trinajstić information content (AvgIpc) is 2.50. The fourth-order valence-electron chi connectivity index (χ4n) is 2.50. The molecule has 0 aliphatic carbocycles. The van der Waals surface area contributed by atoms with E-state index < -0.39 is 40.5 Å². The highest BCUT2D eigenvalue weighted by Gasteiger charge is 2.34. The predicted molar refractivity (Wildman–Crippen MR) is 82.2 cm³/mol. The molecule has 9 heteroatoms. The largest absolute Gasteiger partial charge is 0.503 e. The fourth-order valence-corrected chi connectivity index (χ4v) is 2.50. The lowest BCUT2D eigenvalue weighted by molar-refractivity contribution is 0.0188. The third-order valence-electron chi connectivity index (χ3n) is 3.66. The van der Waals surface area contributed by atoms with Crippen molar-refractivity contribution >= 4 is 11.9 Å². The summed E-state index contributed by atoms with van der Waals surface area (Å²) in [6, 6.07) is 0. The number of aromatic carboxylic acids is 1. The second-order valence-corrected chi connectivity index (χ2v) is 5.79. The maximum absolute atomic E-state index is 12.5. The Morgan fingerprint density at radius 2 is 2.08 bits per heavy atom. The SMILES string of the molecule is CC(C)OCCCN1CC(O)n2cc(C(=O)O)c(=O)c(O)c2C1=O. The number of rotatable bonds is 6. The first-order valence-electron chi connectivity index (χ1n) is 7.54. The number of hydrogen-bond acceptors (Lipinski definition) is 6. The van der Waals surface area contributed by atoms with Gasteiger partial charge in [0.05, 0.1) is 12.6 Å². The van der Waals surface area contributed by atoms with Crippen molar-refractivity contribution in [2.45, 2.75) is 32.6 Å². The molecule has 24 heavy (non-hydrogen) atoms. The number of β-amino-alcohol motifs (C(OH)–C–C–N with tert-alkyl or cyclic N) is 1. The monoisotopic (exact) mass is 340 g/mol. The number of ether oxygens (including phenoxy) is 1. The van der Waals surface area contributed by atoms with Gasteiger partial charge < -0.3 is 29.5 Å². The first-order chi connectivity index (χ1) is 11.2. The second kappa shape index (κ2) is 7.02. The van der Waals surface area contributed by atoms with Crippen LogP contribution >= 0.6 is 0 Å². The zero-order valence-corrected chi connectivity index (χ0v) is 13.4. The van der Waals surface area contributed by atoms with Gasteiger partial charge in [0, 0.05) is 19.3 Å². The molecule has 1 aromatic heterocycles. The molecule has 0 spiro atoms. The van der Waals surface area contributed by atoms with E-state index in [1.54, 1.807) is 0 Å². The van der Waals surface area contributed by atoms with Crippen molar-refractivity contribution in [3.05, 3.63) is 27.7 Å². The van der Waals surface area contributed by atoms with Gasteiger partial charge in [0.25, 0.3) is 5.91 Å². The van der Waals surface area contributed by atoms with Crippen LogP contribution in [0.3, 0.4) is 0 Å². The first-order valence-corrected chi connectivity index (χ1v) is 7.54. The van der Waals surface area contributed by atoms with Crippen molar-refractivity contribution in [2.75, 3.05) is 19.7 Å². The number of aromatic nitrogens is 1. The minimum atomic E-state index is -1.54. The van der Waals surface area contributed by atoms with E-state index in [9.17, 15) is 24.6 Å². The molecular formula is C15H20N2O7. The Morgan fingerprint density at radius 1 is 1.42 bits per heavy atom. The molecule has 3 N–H and O–H groups in total. The van der Waals surface area contributed by atoms with Crippen LogP contribution in [-0.2, 0) is 4.74 Å². The van der Waals surface area contributed by atoms with E-state index in [0.29, 0.717) is 13.0 Å². The number of carboxylic acid groups (broad SMARTS) is 1. The van der Waals surface area contributed by atoms with Crippen LogP contribution in [0.1, 0.15) is 47.3 Å². The number of carbonyl (C=O) groups excluding carboxylic acids is 1. The Kier molecular flexibility index (Phi) is 5.25. The number of hydrogen-bond donors (Lipinski definition) is 3. The predicted octanol–water partition coefficient (Wildman–Crippen LogP) is 0.0139. The standard InChI is InChI=1S/C15H20N2O7/c1-8(2)24-5-3-4-16-7-10(18)17-6-9(15(22)23)12(19)13(20)11(17)14(16)21/h6,8,10,18,20H,3-5,7H2,1-2H3,(H,22,23). The average molecular weight is 340 g/mol. The third kappa shape index (κ3) is 3.41. The molecule has 1 aliphatic rings. The number of aromatic hydroxyl groups is 1. The molecule has 9 nitrogen and oxygen atoms in total. The van der Waals surface area contributed by atoms with Crippen molar-refractivity contribution in [1.29, 1.82) is 0 Å². The lowest BCUT2D eigenvalue weighted by Crippen LogP contribution is -2.45. The summed E-state index contributed by atoms with van der Waals surface area (Å²) >= 11 is 0. The molecule has 1 aliphatic heterocycles. The summed E-state index contributed by atoms with van der Waals surface area (Å²) in [5.41, 5.74) is -2.27. The number of carboxylic acids is 1. The minimum absolute atomic E-state index is 0.0606. The molecule has 1 amide bonds. The van der Waals surface area contributed by atoms with E-state index in [1.807, 2.05) is 13.8 Å². The Labute approximate surface area is 137 Å². The van der Waals surface area contributed by atoms with E-state index >= 15 is 0 Å². The van der Waals surface area contributed by atoms with Crippen molar-refractivity contribution in [3.8, 4) is 5.75 Å². The zero-order valence-electron chi connectivity index (χ0n) is 13.4. The highest BCUT2D eigenvalue weighted by molar-refractivity contribution is 5.97. The zero-order chi connectivity index (χ0) is 18.0. The summed E-state index contributed by atoms with van der Waals surface area (Å²) in [5.74, 6) is -3.16. The Hall–Kier alpha value is -2.39. The van der Waals surface area contributed by atoms with Crippen LogP contribution in [-0.4, -0.2) is 62.5 Å². The number of aliphatic hydroxyl groups excluding tert-OH is 1. The van der Waals surface area contributed by atoms with Crippen LogP contribution in [0.15, 0.2) is 11.0 Å². The Balaban J connectivity index is 2.27. The highest BCUT2D eigenvalue weighted by atomic mass is 16.5. The Bertz CT molecular complexity index is 711. The van der Waals surface area contributed by atoms with Crippen molar-refractivity contribution < 1.29 is 29.6 Å². The number of aliphatic hydroxyl groups is 1. The molecule has 0 bridgehead atoms. The maximum atomic E-state index is 12.5. The molecule has 0 saturated carbocycles. The van der Waals surface area contributed by atoms with Crippen LogP contribution in [0.5, 0.6) is 5.75 Å². The van der Waals surface area contributed by atoms with Crippen LogP contribution in [0.4, 0.5) is 0 Å². The third-order valence-corrected chi connectivity index (χ3v) is 3.66. The Morgan fingerprint density at radius 3 is 2.67 bits per heavy atom. The quantitative estimate of drug-likeness (QED) is 0.622. The summed E-state index contributed by atoms with van der Waals surface area (Å²) < 4.78 is 6.30. The van der Waals surface area contributed by atoms with E-state index in [-0.39, 0.29) is 19.2 Å². The topological polar surface area (TPSA) is 129 Å². The molecule has 132 valence electrons.